The van der Waals surface area contributed by atoms with Gasteiger partial charge in [-0.15, -0.1) is 0 Å². The summed E-state index contributed by atoms with van der Waals surface area (Å²) < 4.78 is 0. The second-order valence-corrected chi connectivity index (χ2v) is 22.6. The Morgan fingerprint density at radius 1 is 0.523 bits per heavy atom. The highest BCUT2D eigenvalue weighted by molar-refractivity contribution is 6.00. The van der Waals surface area contributed by atoms with Crippen LogP contribution in [-0.2, 0) is 76.8 Å². The number of nitrogens with two attached hydrogens (primary N) is 3. The molecule has 0 aromatic heterocycles. The third-order valence-corrected chi connectivity index (χ3v) is 14.7. The first-order valence-corrected chi connectivity index (χ1v) is 29.0. The number of nitrogens with one attached hydrogen (secondary N) is 9. The molecule has 2 aliphatic heterocycles. The Morgan fingerprint density at radius 3 is 1.52 bits per heavy atom. The van der Waals surface area contributed by atoms with Gasteiger partial charge in [0.05, 0.1) is 6.42 Å². The van der Waals surface area contributed by atoms with Crippen molar-refractivity contribution in [3.8, 4) is 5.75 Å². The molecule has 26 nitrogen and oxygen atoms in total. The van der Waals surface area contributed by atoms with E-state index in [-0.39, 0.29) is 69.7 Å². The van der Waals surface area contributed by atoms with Gasteiger partial charge in [-0.05, 0) is 92.7 Å². The van der Waals surface area contributed by atoms with Gasteiger partial charge in [0, 0.05) is 32.2 Å². The fourth-order valence-electron chi connectivity index (χ4n) is 10.0. The highest BCUT2D eigenvalue weighted by Crippen LogP contribution is 2.21. The van der Waals surface area contributed by atoms with Crippen LogP contribution in [0.5, 0.6) is 5.75 Å². The van der Waals surface area contributed by atoms with Crippen molar-refractivity contribution in [2.45, 2.75) is 166 Å². The number of fused-ring (bicyclic) bond motifs is 1. The van der Waals surface area contributed by atoms with Crippen LogP contribution < -0.4 is 65.1 Å². The quantitative estimate of drug-likeness (QED) is 0.0724. The van der Waals surface area contributed by atoms with Crippen molar-refractivity contribution in [1.29, 1.82) is 0 Å². The van der Waals surface area contributed by atoms with Crippen molar-refractivity contribution < 1.29 is 62.6 Å². The van der Waals surface area contributed by atoms with Crippen LogP contribution in [0.3, 0.4) is 0 Å². The average molecular weight is 1190 g/mol. The summed E-state index contributed by atoms with van der Waals surface area (Å²) in [5.41, 5.74) is 18.6. The van der Waals surface area contributed by atoms with Gasteiger partial charge in [0.15, 0.2) is 0 Å². The van der Waals surface area contributed by atoms with E-state index in [0.29, 0.717) is 23.1 Å². The van der Waals surface area contributed by atoms with E-state index < -0.39 is 156 Å². The van der Waals surface area contributed by atoms with Crippen LogP contribution in [0, 0.1) is 11.8 Å². The van der Waals surface area contributed by atoms with Crippen molar-refractivity contribution in [3.05, 3.63) is 102 Å². The number of nitrogens with zero attached hydrogens (tertiary/aromatic N) is 1. The molecule has 0 radical (unpaired) electrons. The molecule has 26 heteroatoms. The summed E-state index contributed by atoms with van der Waals surface area (Å²) in [6.45, 7) is 8.41. The van der Waals surface area contributed by atoms with E-state index in [2.05, 4.69) is 47.9 Å². The van der Waals surface area contributed by atoms with Crippen LogP contribution in [-0.4, -0.2) is 154 Å². The third kappa shape index (κ3) is 21.0. The van der Waals surface area contributed by atoms with Crippen LogP contribution in [0.4, 0.5) is 0 Å². The SMILES string of the molecule is CC(C)C[C@@H]1NC(=O)[C@H](CCCN)NC(=O)[C@H](C(C)C)NC(=O)[C@H](Cc2ccc(O)cc2)NC(=O)[C@H](CCC(N)=O)NC(=O)[C@H](CC(N)=O)NC(=O)[C@@H](Cc2ccccc2)NC(=O)[C@H](C)NC(=O)[C@@H]2CCCN2C(=O)[C@@H](Cc2ccccc2)NC1=O. The number of phenols is 1. The summed E-state index contributed by atoms with van der Waals surface area (Å²) in [6.07, 6.45) is -1.50. The van der Waals surface area contributed by atoms with Crippen molar-refractivity contribution in [1.82, 2.24) is 52.8 Å². The summed E-state index contributed by atoms with van der Waals surface area (Å²) in [6, 6.07) is 8.46. The van der Waals surface area contributed by atoms with Gasteiger partial charge in [-0.1, -0.05) is 100 Å². The molecule has 0 unspecified atom stereocenters. The highest BCUT2D eigenvalue weighted by Gasteiger charge is 2.41. The van der Waals surface area contributed by atoms with E-state index in [4.69, 9.17) is 17.2 Å². The predicted octanol–water partition coefficient (Wildman–Crippen LogP) is -1.61. The number of carbonyl (C=O) groups is 12. The zero-order valence-electron chi connectivity index (χ0n) is 49.2. The van der Waals surface area contributed by atoms with Gasteiger partial charge >= 0.3 is 0 Å². The molecular formula is C60H83N13O13. The lowest BCUT2D eigenvalue weighted by Crippen LogP contribution is -2.62. The highest BCUT2D eigenvalue weighted by atomic mass is 16.3. The fourth-order valence-corrected chi connectivity index (χ4v) is 10.0. The van der Waals surface area contributed by atoms with Crippen LogP contribution >= 0.6 is 0 Å². The lowest BCUT2D eigenvalue weighted by Gasteiger charge is -2.31. The Bertz CT molecular complexity index is 2880. The Kier molecular flexibility index (Phi) is 26.0. The van der Waals surface area contributed by atoms with E-state index in [1.807, 2.05) is 13.8 Å². The number of benzene rings is 3. The van der Waals surface area contributed by atoms with Gasteiger partial charge in [-0.3, -0.25) is 57.5 Å². The van der Waals surface area contributed by atoms with Gasteiger partial charge in [0.25, 0.3) is 0 Å². The van der Waals surface area contributed by atoms with Crippen LogP contribution in [0.2, 0.25) is 0 Å². The molecular weight excluding hydrogens is 1110 g/mol. The van der Waals surface area contributed by atoms with Gasteiger partial charge in [-0.25, -0.2) is 0 Å². The van der Waals surface area contributed by atoms with Crippen molar-refractivity contribution in [3.63, 3.8) is 0 Å². The molecule has 2 fully saturated rings. The summed E-state index contributed by atoms with van der Waals surface area (Å²) in [7, 11) is 0. The molecule has 0 spiro atoms. The van der Waals surface area contributed by atoms with Crippen LogP contribution in [0.15, 0.2) is 84.9 Å². The predicted molar refractivity (Wildman–Crippen MR) is 315 cm³/mol. The van der Waals surface area contributed by atoms with Gasteiger partial charge < -0.3 is 75.1 Å². The molecule has 86 heavy (non-hydrogen) atoms. The largest absolute Gasteiger partial charge is 0.508 e. The van der Waals surface area contributed by atoms with Crippen molar-refractivity contribution in [2.24, 2.45) is 29.0 Å². The maximum absolute atomic E-state index is 14.8. The van der Waals surface area contributed by atoms with Crippen molar-refractivity contribution in [2.75, 3.05) is 13.1 Å². The molecule has 2 saturated heterocycles. The summed E-state index contributed by atoms with van der Waals surface area (Å²) >= 11 is 0. The number of primary amides is 2. The third-order valence-electron chi connectivity index (χ3n) is 14.7. The maximum Gasteiger partial charge on any atom is 0.246 e. The van der Waals surface area contributed by atoms with E-state index in [1.165, 1.54) is 36.1 Å². The number of hydrogen-bond donors (Lipinski definition) is 13. The lowest BCUT2D eigenvalue weighted by molar-refractivity contribution is -0.142. The molecule has 3 aromatic rings. The smallest absolute Gasteiger partial charge is 0.246 e. The lowest BCUT2D eigenvalue weighted by atomic mass is 9.99. The second kappa shape index (κ2) is 32.9. The molecule has 466 valence electrons. The minimum atomic E-state index is -1.82. The second-order valence-electron chi connectivity index (χ2n) is 22.6. The summed E-state index contributed by atoms with van der Waals surface area (Å²) in [5, 5.41) is 33.8. The molecule has 10 atom stereocenters. The molecule has 2 heterocycles. The maximum atomic E-state index is 14.8. The molecule has 3 aromatic carbocycles. The monoisotopic (exact) mass is 1190 g/mol. The van der Waals surface area contributed by atoms with Gasteiger partial charge in [-0.2, -0.15) is 0 Å². The molecule has 0 aliphatic carbocycles. The summed E-state index contributed by atoms with van der Waals surface area (Å²) in [5.74, 6) is -11.7. The van der Waals surface area contributed by atoms with Crippen molar-refractivity contribution >= 4 is 70.9 Å². The molecule has 12 amide bonds. The topological polar surface area (TPSA) is 415 Å². The van der Waals surface area contributed by atoms with E-state index in [9.17, 15) is 62.6 Å². The molecule has 2 aliphatic rings. The minimum absolute atomic E-state index is 0.0210. The van der Waals surface area contributed by atoms with E-state index >= 15 is 0 Å². The molecule has 5 rings (SSSR count). The normalized spacial score (nSPS) is 24.8. The molecule has 16 N–H and O–H groups in total. The first kappa shape index (κ1) is 67.8. The molecule has 0 saturated carbocycles. The number of rotatable bonds is 17. The Labute approximate surface area is 499 Å². The number of amides is 12. The van der Waals surface area contributed by atoms with Gasteiger partial charge in [0.2, 0.25) is 70.9 Å². The Balaban J connectivity index is 1.61. The van der Waals surface area contributed by atoms with Crippen LogP contribution in [0.25, 0.3) is 0 Å². The van der Waals surface area contributed by atoms with Gasteiger partial charge in [0.1, 0.15) is 66.2 Å². The first-order chi connectivity index (χ1) is 40.8. The Morgan fingerprint density at radius 2 is 0.977 bits per heavy atom. The van der Waals surface area contributed by atoms with E-state index in [0.717, 1.165) is 0 Å². The minimum Gasteiger partial charge on any atom is -0.508 e. The number of aromatic hydroxyl groups is 1. The molecule has 0 bridgehead atoms. The summed E-state index contributed by atoms with van der Waals surface area (Å²) in [4.78, 5) is 171. The zero-order chi connectivity index (χ0) is 63.2. The standard InChI is InChI=1S/C60H83N13O13/c1-33(2)28-42-54(80)71-46(31-37-16-10-7-11-17-37)60(86)73-27-13-19-47(73)58(84)64-35(5)51(77)67-43(29-36-14-8-6-9-15-36)55(81)70-45(32-49(63)76)56(82)65-41(24-25-48(62)75)53(79)69-44(30-38-20-22-39(74)23-21-38)57(83)72-50(34(3)4)59(85)66-40(18-12-26-61)52(78)68-42/h6-11,14-17,20-23,33-35,40-47,50,74H,12-13,18-19,24-32,61H2,1-5H3,(H2,62,75)(H2,63,76)(H,64,84)(H,65,82)(H,66,85)(H,67,77)(H,68,78)(H,69,79)(H,70,81)(H,71,80)(H,72,83)/t35-,40-,41-,42-,43+,44-,45-,46+,47-,50-/m0/s1. The number of phenolic OH excluding ortho intramolecular Hbond substituents is 1. The number of hydrogen-bond acceptors (Lipinski definition) is 14. The van der Waals surface area contributed by atoms with Crippen LogP contribution in [0.1, 0.15) is 103 Å². The Hall–Kier alpha value is -8.94. The first-order valence-electron chi connectivity index (χ1n) is 29.0. The van der Waals surface area contributed by atoms with E-state index in [1.54, 1.807) is 74.5 Å². The fraction of sp³-hybridized carbons (Fsp3) is 0.500. The average Bonchev–Trinajstić information content (AvgIpc) is 3.32. The number of carbonyl (C=O) groups excluding carboxylic acids is 12. The zero-order valence-corrected chi connectivity index (χ0v) is 49.2.